The summed E-state index contributed by atoms with van der Waals surface area (Å²) < 4.78 is 7.05. The first-order valence-corrected chi connectivity index (χ1v) is 5.99. The maximum absolute atomic E-state index is 10.7. The second-order valence-electron chi connectivity index (χ2n) is 3.61. The molecule has 0 aliphatic carbocycles. The van der Waals surface area contributed by atoms with Crippen molar-refractivity contribution in [2.45, 2.75) is 17.8 Å². The Morgan fingerprint density at radius 3 is 2.94 bits per heavy atom. The summed E-state index contributed by atoms with van der Waals surface area (Å²) in [6, 6.07) is 1.56. The fourth-order valence-corrected chi connectivity index (χ4v) is 2.37. The summed E-state index contributed by atoms with van der Waals surface area (Å²) in [5.74, 6) is 0.233. The van der Waals surface area contributed by atoms with E-state index in [1.165, 1.54) is 0 Å². The molecule has 0 amide bonds. The summed E-state index contributed by atoms with van der Waals surface area (Å²) in [4.78, 5) is 14.9. The summed E-state index contributed by atoms with van der Waals surface area (Å²) in [6.45, 7) is 1.76. The predicted octanol–water partition coefficient (Wildman–Crippen LogP) is 2.31. The van der Waals surface area contributed by atoms with Crippen LogP contribution in [0.25, 0.3) is 0 Å². The van der Waals surface area contributed by atoms with E-state index in [0.717, 1.165) is 10.7 Å². The van der Waals surface area contributed by atoms with Crippen LogP contribution in [0.1, 0.15) is 21.9 Å². The van der Waals surface area contributed by atoms with Crippen LogP contribution in [-0.4, -0.2) is 20.6 Å². The zero-order valence-corrected chi connectivity index (χ0v) is 10.3. The second-order valence-corrected chi connectivity index (χ2v) is 4.55. The normalized spacial score (nSPS) is 10.7. The number of hydrogen-bond donors (Lipinski definition) is 1. The number of aryl methyl sites for hydroxylation is 2. The number of nitrogens with zero attached hydrogens (tertiary/aromatic N) is 2. The summed E-state index contributed by atoms with van der Waals surface area (Å²) >= 11 is 1.54. The van der Waals surface area contributed by atoms with E-state index < -0.39 is 5.97 Å². The summed E-state index contributed by atoms with van der Waals surface area (Å²) in [5, 5.41) is 9.69. The number of furan rings is 1. The van der Waals surface area contributed by atoms with Gasteiger partial charge in [-0.2, -0.15) is 0 Å². The third-order valence-corrected chi connectivity index (χ3v) is 3.47. The first-order valence-electron chi connectivity index (χ1n) is 5.00. The summed E-state index contributed by atoms with van der Waals surface area (Å²) in [7, 11) is 1.92. The van der Waals surface area contributed by atoms with Gasteiger partial charge in [-0.05, 0) is 13.0 Å². The number of aromatic carboxylic acids is 1. The highest BCUT2D eigenvalue weighted by atomic mass is 32.2. The van der Waals surface area contributed by atoms with Crippen LogP contribution in [0.15, 0.2) is 28.0 Å². The van der Waals surface area contributed by atoms with Gasteiger partial charge in [0.25, 0.3) is 0 Å². The lowest BCUT2D eigenvalue weighted by atomic mass is 10.3. The van der Waals surface area contributed by atoms with Crippen LogP contribution in [0.2, 0.25) is 0 Å². The predicted molar refractivity (Wildman–Crippen MR) is 63.2 cm³/mol. The van der Waals surface area contributed by atoms with E-state index in [1.807, 2.05) is 17.8 Å². The second kappa shape index (κ2) is 4.67. The number of carboxylic acids is 1. The minimum atomic E-state index is -1.04. The Morgan fingerprint density at radius 1 is 1.65 bits per heavy atom. The Kier molecular flexibility index (Phi) is 3.23. The van der Waals surface area contributed by atoms with E-state index in [0.29, 0.717) is 11.5 Å². The van der Waals surface area contributed by atoms with Gasteiger partial charge in [-0.15, -0.1) is 0 Å². The molecule has 0 aliphatic rings. The Morgan fingerprint density at radius 2 is 2.41 bits per heavy atom. The van der Waals surface area contributed by atoms with Crippen molar-refractivity contribution in [1.82, 2.24) is 9.55 Å². The molecular weight excluding hydrogens is 240 g/mol. The molecular formula is C11H12N2O3S. The minimum Gasteiger partial charge on any atom is -0.475 e. The van der Waals surface area contributed by atoms with Gasteiger partial charge in [0.1, 0.15) is 5.76 Å². The highest BCUT2D eigenvalue weighted by Gasteiger charge is 2.13. The molecule has 2 rings (SSSR count). The molecule has 5 nitrogen and oxygen atoms in total. The van der Waals surface area contributed by atoms with Crippen molar-refractivity contribution in [3.63, 3.8) is 0 Å². The highest BCUT2D eigenvalue weighted by molar-refractivity contribution is 7.98. The van der Waals surface area contributed by atoms with Gasteiger partial charge in [-0.1, -0.05) is 11.8 Å². The van der Waals surface area contributed by atoms with Crippen LogP contribution in [0.3, 0.4) is 0 Å². The lowest BCUT2D eigenvalue weighted by molar-refractivity contribution is 0.0661. The van der Waals surface area contributed by atoms with Crippen molar-refractivity contribution in [3.05, 3.63) is 35.5 Å². The number of aromatic nitrogens is 2. The Hall–Kier alpha value is -1.69. The molecule has 6 heteroatoms. The quantitative estimate of drug-likeness (QED) is 0.846. The highest BCUT2D eigenvalue weighted by Crippen LogP contribution is 2.24. The molecule has 2 aromatic rings. The van der Waals surface area contributed by atoms with Crippen LogP contribution in [-0.2, 0) is 12.8 Å². The van der Waals surface area contributed by atoms with E-state index in [9.17, 15) is 4.79 Å². The molecule has 0 spiro atoms. The van der Waals surface area contributed by atoms with Gasteiger partial charge in [0.05, 0.1) is 0 Å². The molecule has 0 saturated heterocycles. The van der Waals surface area contributed by atoms with E-state index in [2.05, 4.69) is 4.98 Å². The van der Waals surface area contributed by atoms with Gasteiger partial charge < -0.3 is 14.1 Å². The molecule has 0 aliphatic heterocycles. The topological polar surface area (TPSA) is 68.3 Å². The number of carbonyl (C=O) groups is 1. The number of thioether (sulfide) groups is 1. The molecule has 0 radical (unpaired) electrons. The molecule has 0 aromatic carbocycles. The smallest absolute Gasteiger partial charge is 0.371 e. The van der Waals surface area contributed by atoms with Gasteiger partial charge in [0.15, 0.2) is 5.16 Å². The molecule has 17 heavy (non-hydrogen) atoms. The van der Waals surface area contributed by atoms with E-state index >= 15 is 0 Å². The molecule has 0 atom stereocenters. The molecule has 90 valence electrons. The van der Waals surface area contributed by atoms with E-state index in [1.54, 1.807) is 30.9 Å². The number of imidazole rings is 1. The van der Waals surface area contributed by atoms with Crippen molar-refractivity contribution < 1.29 is 14.3 Å². The zero-order valence-electron chi connectivity index (χ0n) is 9.51. The first kappa shape index (κ1) is 11.8. The van der Waals surface area contributed by atoms with Gasteiger partial charge in [0.2, 0.25) is 5.76 Å². The fourth-order valence-electron chi connectivity index (χ4n) is 1.40. The molecule has 0 bridgehead atoms. The van der Waals surface area contributed by atoms with E-state index in [-0.39, 0.29) is 5.76 Å². The lowest BCUT2D eigenvalue weighted by Crippen LogP contribution is -1.92. The SMILES string of the molecule is Cc1oc(C(=O)O)cc1CSc1nccn1C. The molecule has 0 saturated carbocycles. The van der Waals surface area contributed by atoms with Crippen molar-refractivity contribution in [1.29, 1.82) is 0 Å². The minimum absolute atomic E-state index is 0.0158. The van der Waals surface area contributed by atoms with Crippen molar-refractivity contribution >= 4 is 17.7 Å². The largest absolute Gasteiger partial charge is 0.475 e. The van der Waals surface area contributed by atoms with Crippen molar-refractivity contribution in [2.24, 2.45) is 7.05 Å². The molecule has 2 aromatic heterocycles. The van der Waals surface area contributed by atoms with Crippen LogP contribution in [0.4, 0.5) is 0 Å². The maximum atomic E-state index is 10.7. The Bertz CT molecular complexity index is 545. The van der Waals surface area contributed by atoms with Crippen LogP contribution in [0, 0.1) is 6.92 Å². The van der Waals surface area contributed by atoms with Crippen LogP contribution in [0.5, 0.6) is 0 Å². The molecule has 1 N–H and O–H groups in total. The number of rotatable bonds is 4. The Balaban J connectivity index is 2.09. The zero-order chi connectivity index (χ0) is 12.4. The van der Waals surface area contributed by atoms with Gasteiger partial charge in [-0.25, -0.2) is 9.78 Å². The number of carboxylic acid groups (broad SMARTS) is 1. The van der Waals surface area contributed by atoms with Gasteiger partial charge in [-0.3, -0.25) is 0 Å². The lowest BCUT2D eigenvalue weighted by Gasteiger charge is -1.99. The van der Waals surface area contributed by atoms with Crippen molar-refractivity contribution in [3.8, 4) is 0 Å². The molecule has 0 unspecified atom stereocenters. The summed E-state index contributed by atoms with van der Waals surface area (Å²) in [5.41, 5.74) is 0.885. The standard InChI is InChI=1S/C11H12N2O3S/c1-7-8(5-9(16-7)10(14)15)6-17-11-12-3-4-13(11)2/h3-5H,6H2,1-2H3,(H,14,15). The third-order valence-electron chi connectivity index (χ3n) is 2.37. The summed E-state index contributed by atoms with van der Waals surface area (Å²) in [6.07, 6.45) is 3.60. The number of hydrogen-bond acceptors (Lipinski definition) is 4. The maximum Gasteiger partial charge on any atom is 0.371 e. The average molecular weight is 252 g/mol. The monoisotopic (exact) mass is 252 g/mol. The molecule has 0 fully saturated rings. The first-order chi connectivity index (χ1) is 8.08. The third kappa shape index (κ3) is 2.52. The van der Waals surface area contributed by atoms with Gasteiger partial charge >= 0.3 is 5.97 Å². The van der Waals surface area contributed by atoms with Crippen LogP contribution < -0.4 is 0 Å². The van der Waals surface area contributed by atoms with E-state index in [4.69, 9.17) is 9.52 Å². The van der Waals surface area contributed by atoms with Crippen LogP contribution >= 0.6 is 11.8 Å². The average Bonchev–Trinajstić information content (AvgIpc) is 2.82. The van der Waals surface area contributed by atoms with Gasteiger partial charge in [0, 0.05) is 30.8 Å². The molecule has 2 heterocycles. The fraction of sp³-hybridized carbons (Fsp3) is 0.273. The Labute approximate surface area is 102 Å². The van der Waals surface area contributed by atoms with Crippen molar-refractivity contribution in [2.75, 3.05) is 0 Å².